The number of alkyl halides is 2. The van der Waals surface area contributed by atoms with Gasteiger partial charge in [0.1, 0.15) is 0 Å². The highest BCUT2D eigenvalue weighted by molar-refractivity contribution is 6.58. The molecule has 0 atom stereocenters. The Morgan fingerprint density at radius 2 is 1.75 bits per heavy atom. The van der Waals surface area contributed by atoms with E-state index in [2.05, 4.69) is 0 Å². The SMILES string of the molecule is [2H]c1c([2H])c(C(F)F)c([2H])c([2H])c1B(O)O. The number of rotatable bonds is 2. The first-order valence-corrected chi connectivity index (χ1v) is 3.03. The first-order valence-electron chi connectivity index (χ1n) is 5.03. The summed E-state index contributed by atoms with van der Waals surface area (Å²) in [6.45, 7) is 0. The van der Waals surface area contributed by atoms with Crippen LogP contribution < -0.4 is 5.46 Å². The van der Waals surface area contributed by atoms with Crippen LogP contribution in [-0.4, -0.2) is 17.2 Å². The molecule has 0 aliphatic rings. The van der Waals surface area contributed by atoms with E-state index in [1.54, 1.807) is 0 Å². The van der Waals surface area contributed by atoms with Crippen LogP contribution in [0.25, 0.3) is 0 Å². The molecule has 0 saturated carbocycles. The van der Waals surface area contributed by atoms with Crippen LogP contribution in [0.3, 0.4) is 0 Å². The number of benzene rings is 1. The molecule has 2 nitrogen and oxygen atoms in total. The highest BCUT2D eigenvalue weighted by Crippen LogP contribution is 2.16. The van der Waals surface area contributed by atoms with Gasteiger partial charge in [0.15, 0.2) is 0 Å². The molecule has 5 heteroatoms. The van der Waals surface area contributed by atoms with Gasteiger partial charge in [0.2, 0.25) is 0 Å². The van der Waals surface area contributed by atoms with Crippen LogP contribution >= 0.6 is 0 Å². The van der Waals surface area contributed by atoms with Crippen molar-refractivity contribution >= 4 is 12.6 Å². The molecular weight excluding hydrogens is 165 g/mol. The fourth-order valence-corrected chi connectivity index (χ4v) is 0.570. The van der Waals surface area contributed by atoms with Crippen LogP contribution in [0.4, 0.5) is 8.78 Å². The fraction of sp³-hybridized carbons (Fsp3) is 0.143. The van der Waals surface area contributed by atoms with E-state index >= 15 is 0 Å². The minimum atomic E-state index is -3.15. The molecule has 0 fully saturated rings. The zero-order chi connectivity index (χ0) is 12.6. The summed E-state index contributed by atoms with van der Waals surface area (Å²) in [5.74, 6) is 0. The minimum absolute atomic E-state index is 0.709. The molecule has 64 valence electrons. The molecule has 1 aromatic rings. The molecule has 0 heterocycles. The maximum Gasteiger partial charge on any atom is 0.488 e. The van der Waals surface area contributed by atoms with Crippen LogP contribution in [0.1, 0.15) is 17.5 Å². The predicted molar refractivity (Wildman–Crippen MR) is 41.2 cm³/mol. The Labute approximate surface area is 74.2 Å². The smallest absolute Gasteiger partial charge is 0.423 e. The zero-order valence-corrected chi connectivity index (χ0v) is 5.81. The lowest BCUT2D eigenvalue weighted by Crippen LogP contribution is -2.29. The first-order chi connectivity index (χ1) is 7.29. The Balaban J connectivity index is 3.63. The molecule has 0 unspecified atom stereocenters. The molecule has 0 aromatic heterocycles. The van der Waals surface area contributed by atoms with Crippen LogP contribution in [0.15, 0.2) is 24.2 Å². The van der Waals surface area contributed by atoms with Gasteiger partial charge in [0.05, 0.1) is 5.48 Å². The van der Waals surface area contributed by atoms with Gasteiger partial charge in [0, 0.05) is 5.56 Å². The molecule has 2 N–H and O–H groups in total. The molecule has 0 spiro atoms. The second-order valence-corrected chi connectivity index (χ2v) is 2.00. The van der Waals surface area contributed by atoms with Gasteiger partial charge in [-0.3, -0.25) is 0 Å². The Morgan fingerprint density at radius 1 is 1.25 bits per heavy atom. The van der Waals surface area contributed by atoms with Crippen molar-refractivity contribution in [1.29, 1.82) is 0 Å². The van der Waals surface area contributed by atoms with Crippen molar-refractivity contribution in [2.75, 3.05) is 0 Å². The van der Waals surface area contributed by atoms with E-state index in [0.717, 1.165) is 0 Å². The summed E-state index contributed by atoms with van der Waals surface area (Å²) in [6, 6.07) is -3.66. The number of hydrogen-bond donors (Lipinski definition) is 2. The average Bonchev–Trinajstić information content (AvgIpc) is 2.14. The van der Waals surface area contributed by atoms with E-state index in [-0.39, 0.29) is 0 Å². The number of hydrogen-bond acceptors (Lipinski definition) is 2. The van der Waals surface area contributed by atoms with E-state index in [9.17, 15) is 8.78 Å². The monoisotopic (exact) mass is 176 g/mol. The topological polar surface area (TPSA) is 40.5 Å². The molecule has 12 heavy (non-hydrogen) atoms. The third-order valence-electron chi connectivity index (χ3n) is 1.14. The minimum Gasteiger partial charge on any atom is -0.423 e. The molecular formula is C7H7BF2O2. The van der Waals surface area contributed by atoms with E-state index < -0.39 is 48.7 Å². The summed E-state index contributed by atoms with van der Waals surface area (Å²) < 4.78 is 53.8. The quantitative estimate of drug-likeness (QED) is 0.636. The van der Waals surface area contributed by atoms with Gasteiger partial charge in [-0.1, -0.05) is 24.2 Å². The van der Waals surface area contributed by atoms with Gasteiger partial charge in [0.25, 0.3) is 6.43 Å². The third-order valence-corrected chi connectivity index (χ3v) is 1.14. The van der Waals surface area contributed by atoms with Gasteiger partial charge in [-0.15, -0.1) is 0 Å². The standard InChI is InChI=1S/C7H7BF2O2/c9-7(10)5-1-3-6(4-2-5)8(11)12/h1-4,7,11-12H/i1D,2D,3D,4D. The Hall–Kier alpha value is -0.935. The van der Waals surface area contributed by atoms with Crippen molar-refractivity contribution in [2.24, 2.45) is 0 Å². The predicted octanol–water partition coefficient (Wildman–Crippen LogP) is 0.304. The van der Waals surface area contributed by atoms with Crippen LogP contribution in [0.5, 0.6) is 0 Å². The highest BCUT2D eigenvalue weighted by Gasteiger charge is 2.12. The normalized spacial score (nSPS) is 15.1. The largest absolute Gasteiger partial charge is 0.488 e. The van der Waals surface area contributed by atoms with Crippen molar-refractivity contribution in [2.45, 2.75) is 6.43 Å². The van der Waals surface area contributed by atoms with E-state index in [0.29, 0.717) is 0 Å². The van der Waals surface area contributed by atoms with Gasteiger partial charge in [-0.05, 0) is 5.46 Å². The zero-order valence-electron chi connectivity index (χ0n) is 9.81. The van der Waals surface area contributed by atoms with Crippen molar-refractivity contribution < 1.29 is 24.3 Å². The summed E-state index contributed by atoms with van der Waals surface area (Å²) in [5.41, 5.74) is -1.75. The Morgan fingerprint density at radius 3 is 2.08 bits per heavy atom. The second-order valence-electron chi connectivity index (χ2n) is 2.00. The second kappa shape index (κ2) is 3.64. The average molecular weight is 176 g/mol. The Kier molecular flexibility index (Phi) is 1.50. The summed E-state index contributed by atoms with van der Waals surface area (Å²) >= 11 is 0. The lowest BCUT2D eigenvalue weighted by atomic mass is 9.80. The molecule has 0 radical (unpaired) electrons. The molecule has 0 bridgehead atoms. The molecule has 0 aliphatic carbocycles. The maximum atomic E-state index is 12.4. The van der Waals surface area contributed by atoms with E-state index in [1.165, 1.54) is 0 Å². The van der Waals surface area contributed by atoms with Crippen molar-refractivity contribution in [3.05, 3.63) is 29.7 Å². The van der Waals surface area contributed by atoms with Crippen LogP contribution in [0, 0.1) is 0 Å². The molecule has 0 aliphatic heterocycles. The summed E-state index contributed by atoms with van der Waals surface area (Å²) in [6.07, 6.45) is -3.15. The van der Waals surface area contributed by atoms with Gasteiger partial charge in [-0.25, -0.2) is 8.78 Å². The van der Waals surface area contributed by atoms with Crippen LogP contribution in [-0.2, 0) is 0 Å². The Bertz CT molecular complexity index is 359. The molecule has 1 aromatic carbocycles. The lowest BCUT2D eigenvalue weighted by Gasteiger charge is -2.01. The van der Waals surface area contributed by atoms with Crippen molar-refractivity contribution in [3.63, 3.8) is 0 Å². The summed E-state index contributed by atoms with van der Waals surface area (Å²) in [7, 11) is -2.24. The van der Waals surface area contributed by atoms with Crippen molar-refractivity contribution in [1.82, 2.24) is 0 Å². The molecule has 0 amide bonds. The first kappa shape index (κ1) is 4.94. The van der Waals surface area contributed by atoms with E-state index in [4.69, 9.17) is 15.5 Å². The van der Waals surface area contributed by atoms with Crippen LogP contribution in [0.2, 0.25) is 0 Å². The summed E-state index contributed by atoms with van der Waals surface area (Å²) in [4.78, 5) is 0. The van der Waals surface area contributed by atoms with Gasteiger partial charge < -0.3 is 10.0 Å². The van der Waals surface area contributed by atoms with Gasteiger partial charge in [-0.2, -0.15) is 0 Å². The maximum absolute atomic E-state index is 12.4. The van der Waals surface area contributed by atoms with Crippen molar-refractivity contribution in [3.8, 4) is 0 Å². The highest BCUT2D eigenvalue weighted by atomic mass is 19.3. The summed E-state index contributed by atoms with van der Waals surface area (Å²) in [5, 5.41) is 17.7. The van der Waals surface area contributed by atoms with E-state index in [1.807, 2.05) is 0 Å². The lowest BCUT2D eigenvalue weighted by molar-refractivity contribution is 0.151. The number of halogens is 2. The van der Waals surface area contributed by atoms with Gasteiger partial charge >= 0.3 is 7.12 Å². The molecule has 1 rings (SSSR count). The molecule has 0 saturated heterocycles. The third kappa shape index (κ3) is 2.02. The fourth-order valence-electron chi connectivity index (χ4n) is 0.570.